The third-order valence-corrected chi connectivity index (χ3v) is 2.08. The Bertz CT molecular complexity index is 222. The third kappa shape index (κ3) is 2.48. The van der Waals surface area contributed by atoms with Crippen LogP contribution in [-0.4, -0.2) is 15.0 Å². The highest BCUT2D eigenvalue weighted by atomic mass is 35.5. The molecular weight excluding hydrogens is 174 g/mol. The van der Waals surface area contributed by atoms with Crippen molar-refractivity contribution >= 4 is 11.6 Å². The van der Waals surface area contributed by atoms with Gasteiger partial charge in [-0.25, -0.2) is 4.68 Å². The summed E-state index contributed by atoms with van der Waals surface area (Å²) < 4.78 is 1.88. The summed E-state index contributed by atoms with van der Waals surface area (Å²) in [5.74, 6) is 0.499. The molecule has 3 nitrogen and oxygen atoms in total. The summed E-state index contributed by atoms with van der Waals surface area (Å²) in [6.07, 6.45) is 5.34. The molecule has 4 heteroatoms. The van der Waals surface area contributed by atoms with Crippen molar-refractivity contribution in [2.24, 2.45) is 0 Å². The quantitative estimate of drug-likeness (QED) is 0.523. The number of unbranched alkanes of at least 4 members (excludes halogenated alkanes) is 2. The summed E-state index contributed by atoms with van der Waals surface area (Å²) >= 11 is 5.69. The van der Waals surface area contributed by atoms with Crippen molar-refractivity contribution < 1.29 is 0 Å². The van der Waals surface area contributed by atoms with E-state index in [0.29, 0.717) is 5.88 Å². The molecule has 0 aliphatic heterocycles. The summed E-state index contributed by atoms with van der Waals surface area (Å²) in [4.78, 5) is 0. The molecule has 0 fully saturated rings. The van der Waals surface area contributed by atoms with E-state index in [0.717, 1.165) is 18.7 Å². The van der Waals surface area contributed by atoms with Gasteiger partial charge in [-0.3, -0.25) is 0 Å². The van der Waals surface area contributed by atoms with Crippen molar-refractivity contribution in [3.8, 4) is 0 Å². The van der Waals surface area contributed by atoms with Crippen molar-refractivity contribution in [3.63, 3.8) is 0 Å². The van der Waals surface area contributed by atoms with E-state index >= 15 is 0 Å². The van der Waals surface area contributed by atoms with E-state index in [1.54, 1.807) is 6.20 Å². The predicted molar refractivity (Wildman–Crippen MR) is 49.1 cm³/mol. The van der Waals surface area contributed by atoms with Crippen LogP contribution in [0.2, 0.25) is 0 Å². The molecule has 1 aromatic heterocycles. The van der Waals surface area contributed by atoms with Crippen LogP contribution in [0.1, 0.15) is 31.9 Å². The van der Waals surface area contributed by atoms with E-state index in [2.05, 4.69) is 17.2 Å². The van der Waals surface area contributed by atoms with E-state index in [-0.39, 0.29) is 0 Å². The summed E-state index contributed by atoms with van der Waals surface area (Å²) in [5, 5.41) is 7.74. The molecule has 0 spiro atoms. The fourth-order valence-electron chi connectivity index (χ4n) is 1.08. The Morgan fingerprint density at radius 1 is 1.50 bits per heavy atom. The molecule has 0 radical (unpaired) electrons. The Morgan fingerprint density at radius 3 is 3.00 bits per heavy atom. The lowest BCUT2D eigenvalue weighted by molar-refractivity contribution is 0.526. The molecular formula is C8H14ClN3. The molecule has 0 bridgehead atoms. The first-order valence-corrected chi connectivity index (χ1v) is 4.85. The number of nitrogens with zero attached hydrogens (tertiary/aromatic N) is 3. The Labute approximate surface area is 77.7 Å². The second-order valence-electron chi connectivity index (χ2n) is 2.79. The highest BCUT2D eigenvalue weighted by Crippen LogP contribution is 2.03. The molecule has 0 unspecified atom stereocenters. The average molecular weight is 188 g/mol. The highest BCUT2D eigenvalue weighted by molar-refractivity contribution is 6.16. The molecule has 1 rings (SSSR count). The fourth-order valence-corrected chi connectivity index (χ4v) is 1.29. The fraction of sp³-hybridized carbons (Fsp3) is 0.750. The summed E-state index contributed by atoms with van der Waals surface area (Å²) in [6.45, 7) is 3.12. The van der Waals surface area contributed by atoms with Crippen LogP contribution in [0.15, 0.2) is 6.20 Å². The van der Waals surface area contributed by atoms with Gasteiger partial charge in [-0.05, 0) is 6.42 Å². The SMILES string of the molecule is CCCCCn1nncc1CCl. The molecule has 0 saturated heterocycles. The Morgan fingerprint density at radius 2 is 2.33 bits per heavy atom. The zero-order valence-electron chi connectivity index (χ0n) is 7.33. The first-order chi connectivity index (χ1) is 5.88. The monoisotopic (exact) mass is 187 g/mol. The number of aryl methyl sites for hydroxylation is 1. The molecule has 68 valence electrons. The molecule has 12 heavy (non-hydrogen) atoms. The zero-order valence-corrected chi connectivity index (χ0v) is 8.09. The summed E-state index contributed by atoms with van der Waals surface area (Å²) in [6, 6.07) is 0. The van der Waals surface area contributed by atoms with E-state index < -0.39 is 0 Å². The van der Waals surface area contributed by atoms with Gasteiger partial charge in [-0.2, -0.15) is 0 Å². The maximum Gasteiger partial charge on any atom is 0.0737 e. The van der Waals surface area contributed by atoms with Gasteiger partial charge in [0.1, 0.15) is 0 Å². The normalized spacial score (nSPS) is 10.5. The van der Waals surface area contributed by atoms with E-state index in [4.69, 9.17) is 11.6 Å². The van der Waals surface area contributed by atoms with Crippen LogP contribution in [0, 0.1) is 0 Å². The van der Waals surface area contributed by atoms with Crippen LogP contribution in [0.3, 0.4) is 0 Å². The predicted octanol–water partition coefficient (Wildman–Crippen LogP) is 2.21. The van der Waals surface area contributed by atoms with Crippen LogP contribution in [0.5, 0.6) is 0 Å². The Balaban J connectivity index is 2.39. The minimum Gasteiger partial charge on any atom is -0.248 e. The number of aromatic nitrogens is 3. The summed E-state index contributed by atoms with van der Waals surface area (Å²) in [5.41, 5.74) is 1.01. The van der Waals surface area contributed by atoms with Crippen LogP contribution >= 0.6 is 11.6 Å². The van der Waals surface area contributed by atoms with E-state index in [9.17, 15) is 0 Å². The van der Waals surface area contributed by atoms with Crippen LogP contribution < -0.4 is 0 Å². The second-order valence-corrected chi connectivity index (χ2v) is 3.06. The van der Waals surface area contributed by atoms with Gasteiger partial charge in [0, 0.05) is 6.54 Å². The van der Waals surface area contributed by atoms with Crippen LogP contribution in [0.4, 0.5) is 0 Å². The van der Waals surface area contributed by atoms with Crippen molar-refractivity contribution in [1.29, 1.82) is 0 Å². The van der Waals surface area contributed by atoms with E-state index in [1.165, 1.54) is 12.8 Å². The van der Waals surface area contributed by atoms with E-state index in [1.807, 2.05) is 4.68 Å². The topological polar surface area (TPSA) is 30.7 Å². The van der Waals surface area contributed by atoms with Gasteiger partial charge in [0.2, 0.25) is 0 Å². The summed E-state index contributed by atoms with van der Waals surface area (Å²) in [7, 11) is 0. The number of hydrogen-bond acceptors (Lipinski definition) is 2. The lowest BCUT2D eigenvalue weighted by atomic mass is 10.2. The van der Waals surface area contributed by atoms with Gasteiger partial charge in [-0.1, -0.05) is 25.0 Å². The average Bonchev–Trinajstić information content (AvgIpc) is 2.52. The molecule has 0 aliphatic rings. The van der Waals surface area contributed by atoms with Gasteiger partial charge in [0.05, 0.1) is 17.8 Å². The molecule has 1 aromatic rings. The second kappa shape index (κ2) is 5.14. The zero-order chi connectivity index (χ0) is 8.81. The van der Waals surface area contributed by atoms with Crippen LogP contribution in [-0.2, 0) is 12.4 Å². The molecule has 1 heterocycles. The third-order valence-electron chi connectivity index (χ3n) is 1.81. The molecule has 0 N–H and O–H groups in total. The van der Waals surface area contributed by atoms with Gasteiger partial charge in [-0.15, -0.1) is 16.7 Å². The number of halogens is 1. The molecule has 0 saturated carbocycles. The standard InChI is InChI=1S/C8H14ClN3/c1-2-3-4-5-12-8(6-9)7-10-11-12/h7H,2-6H2,1H3. The maximum atomic E-state index is 5.69. The number of rotatable bonds is 5. The van der Waals surface area contributed by atoms with Crippen LogP contribution in [0.25, 0.3) is 0 Å². The van der Waals surface area contributed by atoms with Crippen molar-refractivity contribution in [2.75, 3.05) is 0 Å². The van der Waals surface area contributed by atoms with Gasteiger partial charge < -0.3 is 0 Å². The first-order valence-electron chi connectivity index (χ1n) is 4.31. The minimum absolute atomic E-state index is 0.499. The van der Waals surface area contributed by atoms with Crippen molar-refractivity contribution in [1.82, 2.24) is 15.0 Å². The van der Waals surface area contributed by atoms with Gasteiger partial charge in [0.15, 0.2) is 0 Å². The molecule has 0 aliphatic carbocycles. The molecule has 0 aromatic carbocycles. The largest absolute Gasteiger partial charge is 0.248 e. The highest BCUT2D eigenvalue weighted by Gasteiger charge is 2.00. The molecule has 0 amide bonds. The minimum atomic E-state index is 0.499. The Kier molecular flexibility index (Phi) is 4.08. The lowest BCUT2D eigenvalue weighted by Crippen LogP contribution is -2.03. The van der Waals surface area contributed by atoms with Crippen molar-refractivity contribution in [2.45, 2.75) is 38.6 Å². The maximum absolute atomic E-state index is 5.69. The molecule has 0 atom stereocenters. The lowest BCUT2D eigenvalue weighted by Gasteiger charge is -2.01. The van der Waals surface area contributed by atoms with Gasteiger partial charge in [0.25, 0.3) is 0 Å². The van der Waals surface area contributed by atoms with Gasteiger partial charge >= 0.3 is 0 Å². The number of alkyl halides is 1. The first kappa shape index (κ1) is 9.52. The number of hydrogen-bond donors (Lipinski definition) is 0. The Hall–Kier alpha value is -0.570. The smallest absolute Gasteiger partial charge is 0.0737 e. The van der Waals surface area contributed by atoms with Crippen molar-refractivity contribution in [3.05, 3.63) is 11.9 Å².